The van der Waals surface area contributed by atoms with Gasteiger partial charge in [-0.05, 0) is 145 Å². The quantitative estimate of drug-likeness (QED) is 0.296. The fraction of sp³-hybridized carbons (Fsp3) is 0.711. The van der Waals surface area contributed by atoms with Crippen LogP contribution in [0.3, 0.4) is 0 Å². The third-order valence-corrected chi connectivity index (χ3v) is 14.7. The molecule has 41 heavy (non-hydrogen) atoms. The van der Waals surface area contributed by atoms with Gasteiger partial charge in [0.05, 0.1) is 12.7 Å². The molecule has 1 aromatic rings. The lowest BCUT2D eigenvalue weighted by Gasteiger charge is -2.72. The molecule has 224 valence electrons. The third-order valence-electron chi connectivity index (χ3n) is 14.7. The maximum atomic E-state index is 12.0. The molecule has 0 heterocycles. The molecule has 1 N–H and O–H groups in total. The number of fused-ring (bicyclic) bond motifs is 7. The summed E-state index contributed by atoms with van der Waals surface area (Å²) in [5, 5.41) is 10.8. The SMILES string of the molecule is C=C(C)[C@@H]1CC[C@]2(CO)CC[C@]3(C)[C@H](CC[C@@H]4C5(C)CC=C(c6ccc(C(=O)OC)cc6)C(C)(C)[C@@H]5CC[C@]43C)[C@@H]12. The molecule has 3 nitrogen and oxygen atoms in total. The van der Waals surface area contributed by atoms with Crippen LogP contribution in [0.5, 0.6) is 0 Å². The fourth-order valence-electron chi connectivity index (χ4n) is 12.6. The van der Waals surface area contributed by atoms with E-state index >= 15 is 0 Å². The highest BCUT2D eigenvalue weighted by atomic mass is 16.5. The maximum absolute atomic E-state index is 12.0. The van der Waals surface area contributed by atoms with Gasteiger partial charge in [-0.3, -0.25) is 0 Å². The third kappa shape index (κ3) is 3.82. The van der Waals surface area contributed by atoms with Gasteiger partial charge in [0, 0.05) is 6.61 Å². The van der Waals surface area contributed by atoms with E-state index in [2.05, 4.69) is 66.3 Å². The molecule has 6 rings (SSSR count). The van der Waals surface area contributed by atoms with Gasteiger partial charge in [-0.15, -0.1) is 0 Å². The summed E-state index contributed by atoms with van der Waals surface area (Å²) in [5.74, 6) is 2.91. The van der Waals surface area contributed by atoms with E-state index in [0.29, 0.717) is 52.6 Å². The Kier molecular flexibility index (Phi) is 6.82. The average Bonchev–Trinajstić information content (AvgIpc) is 3.33. The minimum absolute atomic E-state index is 0.0635. The lowest BCUT2D eigenvalue weighted by molar-refractivity contribution is -0.228. The standard InChI is InChI=1S/C38H54O3/c1-24(2)27-15-20-38(23-39)22-21-36(6)29(32(27)38)13-14-31-35(5)18-16-28(25-9-11-26(12-10-25)33(40)41-8)34(3,4)30(35)17-19-37(31,36)7/h9-12,16,27,29-32,39H,1,13-15,17-23H2,2-8H3/t27-,29+,30-,31+,32+,35?,36+,37+,38+/m0/s1. The Balaban J connectivity index is 1.35. The van der Waals surface area contributed by atoms with Crippen LogP contribution in [0.15, 0.2) is 42.5 Å². The lowest BCUT2D eigenvalue weighted by atomic mass is 9.32. The molecule has 5 aliphatic rings. The number of carbonyl (C=O) groups is 1. The summed E-state index contributed by atoms with van der Waals surface area (Å²) in [6.07, 6.45) is 13.8. The van der Waals surface area contributed by atoms with Gasteiger partial charge in [-0.2, -0.15) is 0 Å². The first-order chi connectivity index (χ1) is 19.3. The Labute approximate surface area is 249 Å². The van der Waals surface area contributed by atoms with Crippen LogP contribution >= 0.6 is 0 Å². The van der Waals surface area contributed by atoms with Crippen molar-refractivity contribution in [2.75, 3.05) is 13.7 Å². The molecular formula is C38H54O3. The molecule has 0 amide bonds. The number of rotatable bonds is 4. The Hall–Kier alpha value is -1.87. The van der Waals surface area contributed by atoms with E-state index in [-0.39, 0.29) is 22.2 Å². The topological polar surface area (TPSA) is 46.5 Å². The van der Waals surface area contributed by atoms with Crippen LogP contribution in [0.2, 0.25) is 0 Å². The van der Waals surface area contributed by atoms with Crippen molar-refractivity contribution in [3.63, 3.8) is 0 Å². The van der Waals surface area contributed by atoms with Crippen molar-refractivity contribution in [3.05, 3.63) is 53.6 Å². The molecule has 0 bridgehead atoms. The lowest BCUT2D eigenvalue weighted by Crippen LogP contribution is -2.65. The van der Waals surface area contributed by atoms with Crippen molar-refractivity contribution in [2.24, 2.45) is 56.7 Å². The first-order valence-electron chi connectivity index (χ1n) is 16.4. The predicted octanol–water partition coefficient (Wildman–Crippen LogP) is 9.12. The minimum Gasteiger partial charge on any atom is -0.465 e. The summed E-state index contributed by atoms with van der Waals surface area (Å²) in [5.41, 5.74) is 5.73. The van der Waals surface area contributed by atoms with E-state index in [1.54, 1.807) is 0 Å². The largest absolute Gasteiger partial charge is 0.465 e. The van der Waals surface area contributed by atoms with E-state index in [4.69, 9.17) is 4.74 Å². The number of aliphatic hydroxyl groups is 1. The molecule has 9 atom stereocenters. The van der Waals surface area contributed by atoms with Crippen LogP contribution < -0.4 is 0 Å². The number of ether oxygens (including phenoxy) is 1. The number of benzene rings is 1. The minimum atomic E-state index is -0.275. The van der Waals surface area contributed by atoms with Crippen molar-refractivity contribution in [3.8, 4) is 0 Å². The van der Waals surface area contributed by atoms with Crippen LogP contribution in [0.25, 0.3) is 5.57 Å². The van der Waals surface area contributed by atoms with E-state index in [0.717, 1.165) is 6.42 Å². The highest BCUT2D eigenvalue weighted by molar-refractivity contribution is 5.89. The summed E-state index contributed by atoms with van der Waals surface area (Å²) in [6, 6.07) is 8.08. The number of esters is 1. The van der Waals surface area contributed by atoms with Crippen molar-refractivity contribution >= 4 is 11.5 Å². The van der Waals surface area contributed by atoms with E-state index in [1.807, 2.05) is 12.1 Å². The second-order valence-corrected chi connectivity index (χ2v) is 16.3. The summed E-state index contributed by atoms with van der Waals surface area (Å²) < 4.78 is 4.93. The monoisotopic (exact) mass is 558 g/mol. The molecule has 0 radical (unpaired) electrons. The van der Waals surface area contributed by atoms with Crippen LogP contribution in [0.4, 0.5) is 0 Å². The second-order valence-electron chi connectivity index (χ2n) is 16.3. The highest BCUT2D eigenvalue weighted by Gasteiger charge is 2.70. The molecule has 0 saturated heterocycles. The van der Waals surface area contributed by atoms with Crippen molar-refractivity contribution in [1.82, 2.24) is 0 Å². The van der Waals surface area contributed by atoms with Gasteiger partial charge in [0.2, 0.25) is 0 Å². The van der Waals surface area contributed by atoms with E-state index in [1.165, 1.54) is 75.2 Å². The van der Waals surface area contributed by atoms with E-state index in [9.17, 15) is 9.90 Å². The Morgan fingerprint density at radius 2 is 1.63 bits per heavy atom. The van der Waals surface area contributed by atoms with Crippen LogP contribution in [0.1, 0.15) is 115 Å². The van der Waals surface area contributed by atoms with Gasteiger partial charge in [-0.25, -0.2) is 4.79 Å². The molecule has 0 spiro atoms. The number of hydrogen-bond acceptors (Lipinski definition) is 3. The van der Waals surface area contributed by atoms with E-state index < -0.39 is 0 Å². The number of aliphatic hydroxyl groups excluding tert-OH is 1. The van der Waals surface area contributed by atoms with Crippen molar-refractivity contribution in [1.29, 1.82) is 0 Å². The molecule has 0 aliphatic heterocycles. The van der Waals surface area contributed by atoms with Crippen molar-refractivity contribution < 1.29 is 14.6 Å². The zero-order valence-electron chi connectivity index (χ0n) is 26.8. The highest BCUT2D eigenvalue weighted by Crippen LogP contribution is 2.77. The molecule has 1 aromatic carbocycles. The number of carbonyl (C=O) groups excluding carboxylic acids is 1. The normalized spacial score (nSPS) is 44.5. The Morgan fingerprint density at radius 3 is 2.27 bits per heavy atom. The molecule has 1 unspecified atom stereocenters. The van der Waals surface area contributed by atoms with Gasteiger partial charge < -0.3 is 9.84 Å². The predicted molar refractivity (Wildman–Crippen MR) is 167 cm³/mol. The fourth-order valence-corrected chi connectivity index (χ4v) is 12.6. The second kappa shape index (κ2) is 9.57. The van der Waals surface area contributed by atoms with Gasteiger partial charge in [0.1, 0.15) is 0 Å². The Bertz CT molecular complexity index is 1260. The molecule has 4 fully saturated rings. The van der Waals surface area contributed by atoms with Crippen LogP contribution in [-0.2, 0) is 4.74 Å². The summed E-state index contributed by atoms with van der Waals surface area (Å²) in [6.45, 7) is 20.1. The molecule has 5 aliphatic carbocycles. The smallest absolute Gasteiger partial charge is 0.337 e. The Morgan fingerprint density at radius 1 is 0.927 bits per heavy atom. The van der Waals surface area contributed by atoms with Gasteiger partial charge in [-0.1, -0.05) is 65.0 Å². The zero-order valence-corrected chi connectivity index (χ0v) is 26.8. The number of methoxy groups -OCH3 is 1. The summed E-state index contributed by atoms with van der Waals surface area (Å²) >= 11 is 0. The van der Waals surface area contributed by atoms with Crippen LogP contribution in [0, 0.1) is 56.7 Å². The molecule has 3 heteroatoms. The number of hydrogen-bond donors (Lipinski definition) is 1. The maximum Gasteiger partial charge on any atom is 0.337 e. The first kappa shape index (κ1) is 29.2. The van der Waals surface area contributed by atoms with Gasteiger partial charge >= 0.3 is 5.97 Å². The molecule has 4 saturated carbocycles. The zero-order chi connectivity index (χ0) is 29.6. The van der Waals surface area contributed by atoms with Gasteiger partial charge in [0.25, 0.3) is 0 Å². The summed E-state index contributed by atoms with van der Waals surface area (Å²) in [7, 11) is 1.44. The average molecular weight is 559 g/mol. The molecular weight excluding hydrogens is 504 g/mol. The van der Waals surface area contributed by atoms with Gasteiger partial charge in [0.15, 0.2) is 0 Å². The first-order valence-corrected chi connectivity index (χ1v) is 16.4. The summed E-state index contributed by atoms with van der Waals surface area (Å²) in [4.78, 5) is 12.0. The molecule has 0 aromatic heterocycles. The van der Waals surface area contributed by atoms with Crippen molar-refractivity contribution in [2.45, 2.75) is 99.3 Å². The number of allylic oxidation sites excluding steroid dienone is 3. The van der Waals surface area contributed by atoms with Crippen LogP contribution in [-0.4, -0.2) is 24.8 Å².